The van der Waals surface area contributed by atoms with Crippen LogP contribution in [0.25, 0.3) is 12.3 Å². The molecule has 3 aromatic rings. The average molecular weight is 398 g/mol. The van der Waals surface area contributed by atoms with Crippen molar-refractivity contribution in [3.05, 3.63) is 90.3 Å². The van der Waals surface area contributed by atoms with Gasteiger partial charge in [0.2, 0.25) is 0 Å². The molecule has 0 atom stereocenters. The largest absolute Gasteiger partial charge is 0.375 e. The van der Waals surface area contributed by atoms with Crippen LogP contribution in [-0.4, -0.2) is 19.3 Å². The fraction of sp³-hybridized carbons (Fsp3) is 0.200. The van der Waals surface area contributed by atoms with Gasteiger partial charge in [0.25, 0.3) is 0 Å². The quantitative estimate of drug-likeness (QED) is 0.424. The van der Waals surface area contributed by atoms with E-state index in [2.05, 4.69) is 60.3 Å². The summed E-state index contributed by atoms with van der Waals surface area (Å²) in [5.74, 6) is 7.39. The van der Waals surface area contributed by atoms with Crippen molar-refractivity contribution in [2.45, 2.75) is 33.4 Å². The molecule has 152 valence electrons. The van der Waals surface area contributed by atoms with Gasteiger partial charge in [0.1, 0.15) is 11.5 Å². The minimum absolute atomic E-state index is 0.561. The second-order valence-corrected chi connectivity index (χ2v) is 6.88. The molecule has 2 aromatic heterocycles. The number of hydrogen-bond donors (Lipinski definition) is 1. The average Bonchev–Trinajstić information content (AvgIpc) is 3.36. The molecule has 0 unspecified atom stereocenters. The van der Waals surface area contributed by atoms with E-state index in [1.54, 1.807) is 12.3 Å². The number of rotatable bonds is 8. The van der Waals surface area contributed by atoms with Crippen LogP contribution >= 0.6 is 0 Å². The molecule has 0 amide bonds. The molecular formula is C25H27N5. The van der Waals surface area contributed by atoms with Crippen molar-refractivity contribution in [1.82, 2.24) is 19.3 Å². The Labute approximate surface area is 178 Å². The fourth-order valence-corrected chi connectivity index (χ4v) is 2.96. The lowest BCUT2D eigenvalue weighted by atomic mass is 10.1. The molecule has 5 nitrogen and oxygen atoms in total. The topological polar surface area (TPSA) is 47.7 Å². The third kappa shape index (κ3) is 5.18. The van der Waals surface area contributed by atoms with E-state index in [1.165, 1.54) is 0 Å². The zero-order valence-electron chi connectivity index (χ0n) is 17.6. The molecule has 0 fully saturated rings. The lowest BCUT2D eigenvalue weighted by molar-refractivity contribution is 0.603. The number of hydrogen-bond acceptors (Lipinski definition) is 3. The summed E-state index contributed by atoms with van der Waals surface area (Å²) in [5, 5.41) is 7.73. The molecule has 1 aromatic carbocycles. The predicted octanol–water partition coefficient (Wildman–Crippen LogP) is 5.11. The molecule has 0 aliphatic rings. The van der Waals surface area contributed by atoms with Gasteiger partial charge in [-0.1, -0.05) is 50.3 Å². The van der Waals surface area contributed by atoms with E-state index in [4.69, 9.17) is 0 Å². The summed E-state index contributed by atoms with van der Waals surface area (Å²) in [5.41, 5.74) is 4.95. The van der Waals surface area contributed by atoms with Crippen LogP contribution in [0, 0.1) is 18.8 Å². The summed E-state index contributed by atoms with van der Waals surface area (Å²) in [4.78, 5) is 4.56. The molecule has 0 spiro atoms. The molecular weight excluding hydrogens is 370 g/mol. The van der Waals surface area contributed by atoms with Crippen LogP contribution < -0.4 is 5.32 Å². The second-order valence-electron chi connectivity index (χ2n) is 6.88. The van der Waals surface area contributed by atoms with Gasteiger partial charge in [-0.05, 0) is 42.5 Å². The van der Waals surface area contributed by atoms with Crippen LogP contribution in [0.4, 0.5) is 5.69 Å². The smallest absolute Gasteiger partial charge is 0.133 e. The molecule has 0 aliphatic carbocycles. The van der Waals surface area contributed by atoms with Crippen molar-refractivity contribution in [2.75, 3.05) is 5.32 Å². The Morgan fingerprint density at radius 2 is 2.07 bits per heavy atom. The lowest BCUT2D eigenvalue weighted by Gasteiger charge is -2.06. The van der Waals surface area contributed by atoms with Crippen molar-refractivity contribution >= 4 is 18.0 Å². The molecule has 5 heteroatoms. The number of benzene rings is 1. The summed E-state index contributed by atoms with van der Waals surface area (Å²) in [6, 6.07) is 6.15. The van der Waals surface area contributed by atoms with Gasteiger partial charge in [0.05, 0.1) is 24.6 Å². The summed E-state index contributed by atoms with van der Waals surface area (Å²) >= 11 is 0. The van der Waals surface area contributed by atoms with Crippen molar-refractivity contribution < 1.29 is 0 Å². The van der Waals surface area contributed by atoms with Crippen LogP contribution in [0.3, 0.4) is 0 Å². The van der Waals surface area contributed by atoms with E-state index in [1.807, 2.05) is 52.1 Å². The summed E-state index contributed by atoms with van der Waals surface area (Å²) in [6.45, 7) is 13.3. The van der Waals surface area contributed by atoms with Crippen LogP contribution in [-0.2, 0) is 13.1 Å². The summed E-state index contributed by atoms with van der Waals surface area (Å²) in [7, 11) is 0. The first-order chi connectivity index (χ1) is 14.6. The maximum Gasteiger partial charge on any atom is 0.133 e. The van der Waals surface area contributed by atoms with Crippen molar-refractivity contribution in [1.29, 1.82) is 0 Å². The molecule has 1 N–H and O–H groups in total. The Hall–Kier alpha value is -3.78. The van der Waals surface area contributed by atoms with Gasteiger partial charge in [-0.3, -0.25) is 9.25 Å². The number of aryl methyl sites for hydroxylation is 2. The predicted molar refractivity (Wildman–Crippen MR) is 125 cm³/mol. The number of aromatic nitrogens is 4. The zero-order chi connectivity index (χ0) is 21.3. The molecule has 3 rings (SSSR count). The van der Waals surface area contributed by atoms with E-state index in [0.29, 0.717) is 6.54 Å². The van der Waals surface area contributed by atoms with E-state index >= 15 is 0 Å². The SMILES string of the molecule is C=C/C=C\n1c(C#Cc2cc(C=C)ccc2C)cnc1CNc1cnn(CCC)c1. The maximum absolute atomic E-state index is 4.56. The number of allylic oxidation sites excluding steroid dienone is 2. The van der Waals surface area contributed by atoms with Gasteiger partial charge in [-0.15, -0.1) is 0 Å². The number of anilines is 1. The molecule has 0 aliphatic heterocycles. The van der Waals surface area contributed by atoms with Crippen LogP contribution in [0.15, 0.2) is 62.1 Å². The van der Waals surface area contributed by atoms with Crippen LogP contribution in [0.2, 0.25) is 0 Å². The van der Waals surface area contributed by atoms with Gasteiger partial charge in [0, 0.05) is 24.5 Å². The minimum atomic E-state index is 0.561. The first kappa shape index (κ1) is 20.9. The Balaban J connectivity index is 1.84. The highest BCUT2D eigenvalue weighted by atomic mass is 15.3. The van der Waals surface area contributed by atoms with Gasteiger partial charge >= 0.3 is 0 Å². The Bertz CT molecular complexity index is 1120. The second kappa shape index (κ2) is 10.1. The van der Waals surface area contributed by atoms with Crippen LogP contribution in [0.5, 0.6) is 0 Å². The van der Waals surface area contributed by atoms with E-state index in [0.717, 1.165) is 46.9 Å². The monoisotopic (exact) mass is 397 g/mol. The minimum Gasteiger partial charge on any atom is -0.375 e. The first-order valence-corrected chi connectivity index (χ1v) is 10.0. The van der Waals surface area contributed by atoms with Crippen LogP contribution in [0.1, 0.15) is 41.6 Å². The lowest BCUT2D eigenvalue weighted by Crippen LogP contribution is -2.06. The standard InChI is InChI=1S/C25H27N5/c1-5-8-14-30-24(12-11-22-15-21(7-3)10-9-20(22)4)17-27-25(30)18-26-23-16-28-29(19-23)13-6-2/h5,7-10,14-17,19,26H,1,3,6,13,18H2,2,4H3/b14-8-. The fourth-order valence-electron chi connectivity index (χ4n) is 2.96. The molecule has 0 saturated carbocycles. The van der Waals surface area contributed by atoms with Gasteiger partial charge < -0.3 is 5.32 Å². The summed E-state index contributed by atoms with van der Waals surface area (Å²) in [6.07, 6.45) is 14.0. The maximum atomic E-state index is 4.56. The Morgan fingerprint density at radius 1 is 1.20 bits per heavy atom. The summed E-state index contributed by atoms with van der Waals surface area (Å²) < 4.78 is 3.91. The molecule has 0 bridgehead atoms. The molecule has 30 heavy (non-hydrogen) atoms. The third-order valence-corrected chi connectivity index (χ3v) is 4.60. The Morgan fingerprint density at radius 3 is 2.83 bits per heavy atom. The highest BCUT2D eigenvalue weighted by Crippen LogP contribution is 2.13. The van der Waals surface area contributed by atoms with Gasteiger partial charge in [-0.25, -0.2) is 4.98 Å². The van der Waals surface area contributed by atoms with Crippen molar-refractivity contribution in [3.63, 3.8) is 0 Å². The molecule has 0 radical (unpaired) electrons. The first-order valence-electron chi connectivity index (χ1n) is 10.0. The number of nitrogens with one attached hydrogen (secondary N) is 1. The van der Waals surface area contributed by atoms with Gasteiger partial charge in [0.15, 0.2) is 0 Å². The van der Waals surface area contributed by atoms with E-state index in [-0.39, 0.29) is 0 Å². The number of imidazole rings is 1. The van der Waals surface area contributed by atoms with Crippen molar-refractivity contribution in [2.24, 2.45) is 0 Å². The zero-order valence-corrected chi connectivity index (χ0v) is 17.6. The third-order valence-electron chi connectivity index (χ3n) is 4.60. The van der Waals surface area contributed by atoms with Crippen molar-refractivity contribution in [3.8, 4) is 11.8 Å². The van der Waals surface area contributed by atoms with Gasteiger partial charge in [-0.2, -0.15) is 5.10 Å². The van der Waals surface area contributed by atoms with E-state index in [9.17, 15) is 0 Å². The van der Waals surface area contributed by atoms with E-state index < -0.39 is 0 Å². The highest BCUT2D eigenvalue weighted by molar-refractivity contribution is 5.55. The molecule has 2 heterocycles. The Kier molecular flexibility index (Phi) is 7.07. The normalized spacial score (nSPS) is 10.6. The highest BCUT2D eigenvalue weighted by Gasteiger charge is 2.07. The molecule has 0 saturated heterocycles. The number of nitrogens with zero attached hydrogens (tertiary/aromatic N) is 4.